The van der Waals surface area contributed by atoms with Crippen molar-refractivity contribution in [1.82, 2.24) is 9.97 Å². The number of anilines is 2. The predicted molar refractivity (Wildman–Crippen MR) is 94.8 cm³/mol. The molecular weight excluding hydrogens is 300 g/mol. The van der Waals surface area contributed by atoms with Crippen molar-refractivity contribution in [3.8, 4) is 0 Å². The van der Waals surface area contributed by atoms with Crippen LogP contribution in [0.1, 0.15) is 42.5 Å². The van der Waals surface area contributed by atoms with Gasteiger partial charge in [-0.05, 0) is 32.3 Å². The van der Waals surface area contributed by atoms with Gasteiger partial charge in [-0.1, -0.05) is 29.8 Å². The lowest BCUT2D eigenvalue weighted by atomic mass is 9.80. The zero-order valence-electron chi connectivity index (χ0n) is 14.2. The van der Waals surface area contributed by atoms with Gasteiger partial charge in [-0.15, -0.1) is 0 Å². The third-order valence-electron chi connectivity index (χ3n) is 5.48. The number of benzene rings is 1. The van der Waals surface area contributed by atoms with E-state index in [1.165, 1.54) is 5.56 Å². The summed E-state index contributed by atoms with van der Waals surface area (Å²) in [5.74, 6) is 1.22. The number of nitrogen functional groups attached to an aromatic ring is 1. The van der Waals surface area contributed by atoms with Crippen LogP contribution in [0, 0.1) is 13.8 Å². The minimum atomic E-state index is -0.746. The van der Waals surface area contributed by atoms with Crippen LogP contribution in [0.15, 0.2) is 30.3 Å². The number of fused-ring (bicyclic) bond motifs is 2. The molecule has 0 aliphatic carbocycles. The van der Waals surface area contributed by atoms with Crippen molar-refractivity contribution in [3.63, 3.8) is 0 Å². The van der Waals surface area contributed by atoms with Crippen LogP contribution in [-0.2, 0) is 5.60 Å². The second-order valence-electron chi connectivity index (χ2n) is 7.32. The summed E-state index contributed by atoms with van der Waals surface area (Å²) >= 11 is 0. The fourth-order valence-electron chi connectivity index (χ4n) is 4.41. The third kappa shape index (κ3) is 2.53. The van der Waals surface area contributed by atoms with Gasteiger partial charge < -0.3 is 15.7 Å². The minimum Gasteiger partial charge on any atom is -0.385 e. The first-order valence-corrected chi connectivity index (χ1v) is 8.64. The molecule has 5 heteroatoms. The van der Waals surface area contributed by atoms with E-state index < -0.39 is 5.60 Å². The smallest absolute Gasteiger partial charge is 0.222 e. The van der Waals surface area contributed by atoms with Gasteiger partial charge in [-0.2, -0.15) is 4.98 Å². The van der Waals surface area contributed by atoms with Gasteiger partial charge in [0.2, 0.25) is 5.95 Å². The normalized spacial score (nSPS) is 29.0. The largest absolute Gasteiger partial charge is 0.385 e. The number of piperidine rings is 1. The molecule has 126 valence electrons. The Kier molecular flexibility index (Phi) is 3.49. The van der Waals surface area contributed by atoms with Crippen molar-refractivity contribution in [2.45, 2.75) is 57.2 Å². The van der Waals surface area contributed by atoms with Crippen molar-refractivity contribution in [3.05, 3.63) is 47.2 Å². The molecule has 2 saturated heterocycles. The van der Waals surface area contributed by atoms with E-state index in [1.54, 1.807) is 0 Å². The highest BCUT2D eigenvalue weighted by atomic mass is 16.3. The first kappa shape index (κ1) is 15.4. The molecule has 0 saturated carbocycles. The molecule has 2 fully saturated rings. The van der Waals surface area contributed by atoms with E-state index in [0.29, 0.717) is 18.0 Å². The fourth-order valence-corrected chi connectivity index (χ4v) is 4.41. The van der Waals surface area contributed by atoms with E-state index in [-0.39, 0.29) is 0 Å². The molecule has 0 spiro atoms. The van der Waals surface area contributed by atoms with Crippen LogP contribution in [0.5, 0.6) is 0 Å². The molecule has 2 atom stereocenters. The molecule has 2 aromatic rings. The first-order chi connectivity index (χ1) is 11.4. The predicted octanol–water partition coefficient (Wildman–Crippen LogP) is 2.69. The van der Waals surface area contributed by atoms with Crippen LogP contribution in [0.4, 0.5) is 11.8 Å². The Morgan fingerprint density at radius 3 is 2.29 bits per heavy atom. The molecule has 2 unspecified atom stereocenters. The summed E-state index contributed by atoms with van der Waals surface area (Å²) in [5, 5.41) is 11.3. The molecule has 2 bridgehead atoms. The van der Waals surface area contributed by atoms with E-state index in [0.717, 1.165) is 42.8 Å². The maximum atomic E-state index is 11.3. The van der Waals surface area contributed by atoms with E-state index in [2.05, 4.69) is 46.1 Å². The summed E-state index contributed by atoms with van der Waals surface area (Å²) in [5.41, 5.74) is 8.22. The molecule has 0 radical (unpaired) electrons. The topological polar surface area (TPSA) is 75.3 Å². The summed E-state index contributed by atoms with van der Waals surface area (Å²) < 4.78 is 0. The van der Waals surface area contributed by atoms with Gasteiger partial charge in [0.25, 0.3) is 0 Å². The van der Waals surface area contributed by atoms with Gasteiger partial charge >= 0.3 is 0 Å². The average Bonchev–Trinajstić information content (AvgIpc) is 2.79. The van der Waals surface area contributed by atoms with Crippen LogP contribution in [0.2, 0.25) is 0 Å². The number of hydrogen-bond donors (Lipinski definition) is 2. The average molecular weight is 324 g/mol. The molecular formula is C19H24N4O. The van der Waals surface area contributed by atoms with Crippen molar-refractivity contribution in [1.29, 1.82) is 0 Å². The van der Waals surface area contributed by atoms with Crippen LogP contribution in [0.25, 0.3) is 0 Å². The molecule has 2 aliphatic heterocycles. The molecule has 1 aromatic heterocycles. The highest BCUT2D eigenvalue weighted by Crippen LogP contribution is 2.47. The van der Waals surface area contributed by atoms with Gasteiger partial charge in [-0.25, -0.2) is 4.98 Å². The lowest BCUT2D eigenvalue weighted by Crippen LogP contribution is -2.50. The van der Waals surface area contributed by atoms with E-state index in [4.69, 9.17) is 5.73 Å². The molecule has 2 aliphatic rings. The van der Waals surface area contributed by atoms with Gasteiger partial charge in [0.1, 0.15) is 5.82 Å². The van der Waals surface area contributed by atoms with Gasteiger partial charge in [0.05, 0.1) is 5.60 Å². The number of nitrogens with two attached hydrogens (primary N) is 1. The van der Waals surface area contributed by atoms with Crippen molar-refractivity contribution in [2.24, 2.45) is 0 Å². The molecule has 3 N–H and O–H groups in total. The molecule has 4 rings (SSSR count). The summed E-state index contributed by atoms with van der Waals surface area (Å²) in [7, 11) is 0. The Hall–Kier alpha value is -2.14. The monoisotopic (exact) mass is 324 g/mol. The number of rotatable bonds is 2. The van der Waals surface area contributed by atoms with Crippen molar-refractivity contribution < 1.29 is 5.11 Å². The SMILES string of the molecule is Cc1ccc(C2(O)CC3CCC(C2)N3c2cc(C)nc(N)n2)cc1. The Balaban J connectivity index is 1.65. The van der Waals surface area contributed by atoms with Gasteiger partial charge in [0, 0.05) is 36.7 Å². The Labute approximate surface area is 142 Å². The highest BCUT2D eigenvalue weighted by Gasteiger charge is 2.48. The Morgan fingerprint density at radius 1 is 1.08 bits per heavy atom. The first-order valence-electron chi connectivity index (χ1n) is 8.64. The Morgan fingerprint density at radius 2 is 1.71 bits per heavy atom. The third-order valence-corrected chi connectivity index (χ3v) is 5.48. The maximum absolute atomic E-state index is 11.3. The second kappa shape index (κ2) is 5.45. The number of aliphatic hydroxyl groups is 1. The molecule has 0 amide bonds. The highest BCUT2D eigenvalue weighted by molar-refractivity contribution is 5.48. The standard InChI is InChI=1S/C19H24N4O/c1-12-3-5-14(6-4-12)19(24)10-15-7-8-16(11-19)23(15)17-9-13(2)21-18(20)22-17/h3-6,9,15-16,24H,7-8,10-11H2,1-2H3,(H2,20,21,22). The zero-order valence-corrected chi connectivity index (χ0v) is 14.2. The lowest BCUT2D eigenvalue weighted by Gasteiger charge is -2.44. The molecule has 1 aromatic carbocycles. The number of hydrogen-bond acceptors (Lipinski definition) is 5. The van der Waals surface area contributed by atoms with E-state index >= 15 is 0 Å². The van der Waals surface area contributed by atoms with Crippen LogP contribution >= 0.6 is 0 Å². The molecule has 3 heterocycles. The van der Waals surface area contributed by atoms with Crippen molar-refractivity contribution >= 4 is 11.8 Å². The van der Waals surface area contributed by atoms with E-state index in [1.807, 2.05) is 13.0 Å². The van der Waals surface area contributed by atoms with Crippen LogP contribution < -0.4 is 10.6 Å². The second-order valence-corrected chi connectivity index (χ2v) is 7.32. The van der Waals surface area contributed by atoms with Crippen molar-refractivity contribution in [2.75, 3.05) is 10.6 Å². The Bertz CT molecular complexity index is 724. The van der Waals surface area contributed by atoms with Crippen LogP contribution in [-0.4, -0.2) is 27.2 Å². The summed E-state index contributed by atoms with van der Waals surface area (Å²) in [6.45, 7) is 4.01. The minimum absolute atomic E-state index is 0.295. The van der Waals surface area contributed by atoms with Gasteiger partial charge in [-0.3, -0.25) is 0 Å². The number of aryl methyl sites for hydroxylation is 2. The quantitative estimate of drug-likeness (QED) is 0.888. The molecule has 5 nitrogen and oxygen atoms in total. The summed E-state index contributed by atoms with van der Waals surface area (Å²) in [4.78, 5) is 11.0. The van der Waals surface area contributed by atoms with E-state index in [9.17, 15) is 5.11 Å². The fraction of sp³-hybridized carbons (Fsp3) is 0.474. The van der Waals surface area contributed by atoms with Gasteiger partial charge in [0.15, 0.2) is 0 Å². The molecule has 24 heavy (non-hydrogen) atoms. The summed E-state index contributed by atoms with van der Waals surface area (Å²) in [6.07, 6.45) is 3.63. The van der Waals surface area contributed by atoms with Crippen LogP contribution in [0.3, 0.4) is 0 Å². The lowest BCUT2D eigenvalue weighted by molar-refractivity contribution is -0.00318. The zero-order chi connectivity index (χ0) is 16.9. The number of nitrogens with zero attached hydrogens (tertiary/aromatic N) is 3. The summed E-state index contributed by atoms with van der Waals surface area (Å²) in [6, 6.07) is 10.9. The number of aromatic nitrogens is 2. The maximum Gasteiger partial charge on any atom is 0.222 e.